The minimum Gasteiger partial charge on any atom is -0.395 e. The van der Waals surface area contributed by atoms with Gasteiger partial charge in [-0.05, 0) is 30.0 Å². The highest BCUT2D eigenvalue weighted by atomic mass is 16.3. The van der Waals surface area contributed by atoms with Crippen LogP contribution in [0.1, 0.15) is 11.1 Å². The first-order valence-electron chi connectivity index (χ1n) is 5.21. The van der Waals surface area contributed by atoms with Crippen LogP contribution in [-0.4, -0.2) is 36.2 Å². The Morgan fingerprint density at radius 1 is 1.29 bits per heavy atom. The van der Waals surface area contributed by atoms with E-state index in [1.165, 1.54) is 11.1 Å². The number of nitrogens with zero attached hydrogens (tertiary/aromatic N) is 1. The van der Waals surface area contributed by atoms with Crippen molar-refractivity contribution >= 4 is 0 Å². The van der Waals surface area contributed by atoms with Crippen LogP contribution < -0.4 is 0 Å². The number of hydrogen-bond donors (Lipinski definition) is 1. The summed E-state index contributed by atoms with van der Waals surface area (Å²) in [7, 11) is 0. The summed E-state index contributed by atoms with van der Waals surface area (Å²) < 4.78 is 0. The largest absolute Gasteiger partial charge is 0.395 e. The van der Waals surface area contributed by atoms with E-state index in [0.29, 0.717) is 0 Å². The first-order valence-corrected chi connectivity index (χ1v) is 5.21. The number of rotatable bonds is 2. The Morgan fingerprint density at radius 2 is 2.07 bits per heavy atom. The van der Waals surface area contributed by atoms with Gasteiger partial charge in [0, 0.05) is 19.6 Å². The SMILES string of the molecule is OCCN1CCc2c[c]ccc2CC1. The van der Waals surface area contributed by atoms with E-state index < -0.39 is 0 Å². The van der Waals surface area contributed by atoms with E-state index in [1.807, 2.05) is 6.07 Å². The molecule has 0 fully saturated rings. The molecule has 0 aliphatic carbocycles. The predicted octanol–water partition coefficient (Wildman–Crippen LogP) is 0.880. The Balaban J connectivity index is 2.06. The van der Waals surface area contributed by atoms with E-state index >= 15 is 0 Å². The van der Waals surface area contributed by atoms with Crippen LogP contribution >= 0.6 is 0 Å². The third-order valence-electron chi connectivity index (χ3n) is 2.86. The van der Waals surface area contributed by atoms with Crippen molar-refractivity contribution in [1.82, 2.24) is 4.90 Å². The second-order valence-electron chi connectivity index (χ2n) is 3.76. The lowest BCUT2D eigenvalue weighted by atomic mass is 10.0. The van der Waals surface area contributed by atoms with Crippen LogP contribution in [0.3, 0.4) is 0 Å². The molecule has 2 heteroatoms. The smallest absolute Gasteiger partial charge is 0.0558 e. The van der Waals surface area contributed by atoms with Crippen LogP contribution in [0.15, 0.2) is 18.2 Å². The van der Waals surface area contributed by atoms with Crippen LogP contribution in [0.2, 0.25) is 0 Å². The minimum atomic E-state index is 0.266. The third-order valence-corrected chi connectivity index (χ3v) is 2.86. The topological polar surface area (TPSA) is 23.5 Å². The second-order valence-corrected chi connectivity index (χ2v) is 3.76. The number of aliphatic hydroxyl groups is 1. The number of β-amino-alcohol motifs (C(OH)–C–C–N with tert-alkyl or cyclic N) is 1. The molecule has 1 aliphatic heterocycles. The summed E-state index contributed by atoms with van der Waals surface area (Å²) >= 11 is 0. The molecule has 14 heavy (non-hydrogen) atoms. The fourth-order valence-electron chi connectivity index (χ4n) is 2.01. The quantitative estimate of drug-likeness (QED) is 0.748. The summed E-state index contributed by atoms with van der Waals surface area (Å²) in [5.74, 6) is 0. The average Bonchev–Trinajstić information content (AvgIpc) is 2.42. The average molecular weight is 190 g/mol. The summed E-state index contributed by atoms with van der Waals surface area (Å²) in [6.45, 7) is 3.20. The van der Waals surface area contributed by atoms with Crippen molar-refractivity contribution in [3.05, 3.63) is 35.4 Å². The fourth-order valence-corrected chi connectivity index (χ4v) is 2.01. The van der Waals surface area contributed by atoms with Crippen molar-refractivity contribution in [2.75, 3.05) is 26.2 Å². The van der Waals surface area contributed by atoms with Gasteiger partial charge >= 0.3 is 0 Å². The Bertz CT molecular complexity index is 271. The van der Waals surface area contributed by atoms with Gasteiger partial charge in [0.2, 0.25) is 0 Å². The molecule has 0 unspecified atom stereocenters. The maximum atomic E-state index is 8.88. The molecule has 1 aliphatic rings. The van der Waals surface area contributed by atoms with Gasteiger partial charge < -0.3 is 10.0 Å². The minimum absolute atomic E-state index is 0.266. The highest BCUT2D eigenvalue weighted by Gasteiger charge is 2.12. The highest BCUT2D eigenvalue weighted by molar-refractivity contribution is 5.28. The summed E-state index contributed by atoms with van der Waals surface area (Å²) in [5.41, 5.74) is 2.87. The lowest BCUT2D eigenvalue weighted by Crippen LogP contribution is -2.29. The van der Waals surface area contributed by atoms with E-state index in [4.69, 9.17) is 5.11 Å². The fraction of sp³-hybridized carbons (Fsp3) is 0.500. The molecule has 1 heterocycles. The van der Waals surface area contributed by atoms with Crippen LogP contribution in [-0.2, 0) is 12.8 Å². The van der Waals surface area contributed by atoms with Crippen LogP contribution in [0, 0.1) is 6.07 Å². The molecule has 1 aromatic rings. The molecular formula is C12H16NO. The van der Waals surface area contributed by atoms with Gasteiger partial charge in [-0.15, -0.1) is 0 Å². The first-order chi connectivity index (χ1) is 6.90. The Labute approximate surface area is 85.2 Å². The summed E-state index contributed by atoms with van der Waals surface area (Å²) in [5, 5.41) is 8.88. The number of hydrogen-bond acceptors (Lipinski definition) is 2. The van der Waals surface area contributed by atoms with Crippen LogP contribution in [0.5, 0.6) is 0 Å². The molecule has 75 valence electrons. The van der Waals surface area contributed by atoms with Crippen molar-refractivity contribution in [1.29, 1.82) is 0 Å². The maximum Gasteiger partial charge on any atom is 0.0558 e. The number of aliphatic hydroxyl groups excluding tert-OH is 1. The molecule has 2 nitrogen and oxygen atoms in total. The number of fused-ring (bicyclic) bond motifs is 1. The van der Waals surface area contributed by atoms with Gasteiger partial charge in [-0.2, -0.15) is 0 Å². The Morgan fingerprint density at radius 3 is 2.86 bits per heavy atom. The van der Waals surface area contributed by atoms with Gasteiger partial charge in [0.05, 0.1) is 6.61 Å². The van der Waals surface area contributed by atoms with E-state index in [2.05, 4.69) is 23.1 Å². The molecule has 1 aromatic carbocycles. The third kappa shape index (κ3) is 2.14. The standard InChI is InChI=1S/C12H16NO/c14-10-9-13-7-5-11-3-1-2-4-12(11)6-8-13/h1,3-4,14H,5-10H2. The molecule has 0 amide bonds. The van der Waals surface area contributed by atoms with Gasteiger partial charge in [0.1, 0.15) is 0 Å². The van der Waals surface area contributed by atoms with Gasteiger partial charge in [-0.25, -0.2) is 0 Å². The molecule has 1 radical (unpaired) electrons. The molecule has 1 N–H and O–H groups in total. The van der Waals surface area contributed by atoms with Crippen molar-refractivity contribution in [2.24, 2.45) is 0 Å². The predicted molar refractivity (Wildman–Crippen MR) is 56.2 cm³/mol. The molecule has 0 saturated heterocycles. The van der Waals surface area contributed by atoms with Gasteiger partial charge in [0.25, 0.3) is 0 Å². The van der Waals surface area contributed by atoms with Gasteiger partial charge in [-0.3, -0.25) is 0 Å². The molecule has 0 saturated carbocycles. The van der Waals surface area contributed by atoms with Crippen molar-refractivity contribution in [2.45, 2.75) is 12.8 Å². The van der Waals surface area contributed by atoms with Gasteiger partial charge in [-0.1, -0.05) is 18.2 Å². The molecule has 0 atom stereocenters. The van der Waals surface area contributed by atoms with Crippen LogP contribution in [0.25, 0.3) is 0 Å². The summed E-state index contributed by atoms with van der Waals surface area (Å²) in [6, 6.07) is 9.37. The molecular weight excluding hydrogens is 174 g/mol. The number of benzene rings is 1. The molecule has 0 bridgehead atoms. The lowest BCUT2D eigenvalue weighted by molar-refractivity contribution is 0.201. The monoisotopic (exact) mass is 190 g/mol. The van der Waals surface area contributed by atoms with Crippen molar-refractivity contribution < 1.29 is 5.11 Å². The van der Waals surface area contributed by atoms with Gasteiger partial charge in [0.15, 0.2) is 0 Å². The zero-order valence-corrected chi connectivity index (χ0v) is 8.37. The second kappa shape index (κ2) is 4.58. The summed E-state index contributed by atoms with van der Waals surface area (Å²) in [6.07, 6.45) is 2.19. The molecule has 0 spiro atoms. The van der Waals surface area contributed by atoms with E-state index in [9.17, 15) is 0 Å². The van der Waals surface area contributed by atoms with E-state index in [0.717, 1.165) is 32.5 Å². The zero-order valence-electron chi connectivity index (χ0n) is 8.37. The zero-order chi connectivity index (χ0) is 9.80. The maximum absolute atomic E-state index is 8.88. The highest BCUT2D eigenvalue weighted by Crippen LogP contribution is 2.14. The van der Waals surface area contributed by atoms with E-state index in [-0.39, 0.29) is 6.61 Å². The molecule has 0 aromatic heterocycles. The van der Waals surface area contributed by atoms with E-state index in [1.54, 1.807) is 0 Å². The Hall–Kier alpha value is -0.860. The normalized spacial score (nSPS) is 17.5. The Kier molecular flexibility index (Phi) is 3.17. The van der Waals surface area contributed by atoms with Crippen molar-refractivity contribution in [3.63, 3.8) is 0 Å². The van der Waals surface area contributed by atoms with Crippen molar-refractivity contribution in [3.8, 4) is 0 Å². The van der Waals surface area contributed by atoms with Crippen LogP contribution in [0.4, 0.5) is 0 Å². The molecule has 2 rings (SSSR count). The summed E-state index contributed by atoms with van der Waals surface area (Å²) in [4.78, 5) is 2.32. The first kappa shape index (κ1) is 9.69. The lowest BCUT2D eigenvalue weighted by Gasteiger charge is -2.17.